The monoisotopic (exact) mass is 363 g/mol. The summed E-state index contributed by atoms with van der Waals surface area (Å²) in [6.07, 6.45) is 0.00949. The van der Waals surface area contributed by atoms with Crippen LogP contribution in [-0.4, -0.2) is 45.5 Å². The number of halogens is 1. The number of rotatable bonds is 4. The average molecular weight is 363 g/mol. The predicted octanol–water partition coefficient (Wildman–Crippen LogP) is 0.925. The summed E-state index contributed by atoms with van der Waals surface area (Å²) in [4.78, 5) is 11.7. The Kier molecular flexibility index (Phi) is 4.81. The lowest BCUT2D eigenvalue weighted by Crippen LogP contribution is -2.31. The van der Waals surface area contributed by atoms with Crippen molar-refractivity contribution < 1.29 is 26.0 Å². The molecule has 1 unspecified atom stereocenters. The summed E-state index contributed by atoms with van der Waals surface area (Å²) >= 11 is 0. The van der Waals surface area contributed by atoms with Crippen LogP contribution in [-0.2, 0) is 19.7 Å². The molecule has 1 aromatic rings. The van der Waals surface area contributed by atoms with Crippen molar-refractivity contribution in [1.82, 2.24) is 5.32 Å². The molecule has 1 amide bonds. The summed E-state index contributed by atoms with van der Waals surface area (Å²) in [7, 11) is -7.31. The highest BCUT2D eigenvalue weighted by Crippen LogP contribution is 2.26. The van der Waals surface area contributed by atoms with Crippen molar-refractivity contribution in [3.8, 4) is 0 Å². The SMILES string of the molecule is CC(C)NC(=O)c1cc(S(=O)(=O)C2CCS(=O)(=O)C2)ccc1F. The molecule has 0 aromatic heterocycles. The molecule has 0 saturated carbocycles. The predicted molar refractivity (Wildman–Crippen MR) is 83.2 cm³/mol. The van der Waals surface area contributed by atoms with Gasteiger partial charge in [-0.15, -0.1) is 0 Å². The maximum Gasteiger partial charge on any atom is 0.254 e. The molecule has 2 rings (SSSR count). The van der Waals surface area contributed by atoms with Gasteiger partial charge in [0.2, 0.25) is 0 Å². The largest absolute Gasteiger partial charge is 0.350 e. The van der Waals surface area contributed by atoms with Crippen LogP contribution in [0.5, 0.6) is 0 Å². The maximum atomic E-state index is 13.8. The minimum absolute atomic E-state index is 0.00949. The molecule has 1 N–H and O–H groups in total. The van der Waals surface area contributed by atoms with Gasteiger partial charge in [0.25, 0.3) is 5.91 Å². The zero-order chi connectivity index (χ0) is 17.4. The highest BCUT2D eigenvalue weighted by atomic mass is 32.2. The lowest BCUT2D eigenvalue weighted by atomic mass is 10.2. The number of sulfone groups is 2. The van der Waals surface area contributed by atoms with Gasteiger partial charge in [-0.1, -0.05) is 0 Å². The summed E-state index contributed by atoms with van der Waals surface area (Å²) in [6, 6.07) is 2.70. The lowest BCUT2D eigenvalue weighted by molar-refractivity contribution is 0.0939. The first-order valence-electron chi connectivity index (χ1n) is 7.07. The van der Waals surface area contributed by atoms with Gasteiger partial charge in [-0.2, -0.15) is 0 Å². The summed E-state index contributed by atoms with van der Waals surface area (Å²) in [5.74, 6) is -2.17. The minimum Gasteiger partial charge on any atom is -0.350 e. The van der Waals surface area contributed by atoms with E-state index in [9.17, 15) is 26.0 Å². The van der Waals surface area contributed by atoms with Gasteiger partial charge in [0, 0.05) is 6.04 Å². The van der Waals surface area contributed by atoms with Crippen LogP contribution in [0.15, 0.2) is 23.1 Å². The van der Waals surface area contributed by atoms with E-state index < -0.39 is 42.4 Å². The van der Waals surface area contributed by atoms with Gasteiger partial charge < -0.3 is 5.32 Å². The number of carbonyl (C=O) groups excluding carboxylic acids is 1. The van der Waals surface area contributed by atoms with E-state index in [4.69, 9.17) is 0 Å². The molecule has 0 spiro atoms. The molecule has 1 saturated heterocycles. The summed E-state index contributed by atoms with van der Waals surface area (Å²) in [6.45, 7) is 3.39. The van der Waals surface area contributed by atoms with Crippen LogP contribution in [0.1, 0.15) is 30.6 Å². The fraction of sp³-hybridized carbons (Fsp3) is 0.500. The number of amides is 1. The molecule has 1 aliphatic heterocycles. The van der Waals surface area contributed by atoms with Crippen molar-refractivity contribution in [2.45, 2.75) is 36.5 Å². The first-order chi connectivity index (χ1) is 10.5. The van der Waals surface area contributed by atoms with Crippen LogP contribution in [0.2, 0.25) is 0 Å². The highest BCUT2D eigenvalue weighted by molar-refractivity contribution is 7.96. The van der Waals surface area contributed by atoms with Gasteiger partial charge in [-0.3, -0.25) is 4.79 Å². The fourth-order valence-corrected chi connectivity index (χ4v) is 6.78. The smallest absolute Gasteiger partial charge is 0.254 e. The van der Waals surface area contributed by atoms with Gasteiger partial charge >= 0.3 is 0 Å². The molecular formula is C14H18FNO5S2. The Morgan fingerprint density at radius 2 is 2.00 bits per heavy atom. The number of nitrogens with one attached hydrogen (secondary N) is 1. The molecular weight excluding hydrogens is 345 g/mol. The second kappa shape index (κ2) is 6.20. The molecule has 1 heterocycles. The minimum atomic E-state index is -3.94. The lowest BCUT2D eigenvalue weighted by Gasteiger charge is -2.13. The standard InChI is InChI=1S/C14H18FNO5S2/c1-9(2)16-14(17)12-7-10(3-4-13(12)15)23(20,21)11-5-6-22(18,19)8-11/h3-4,7,9,11H,5-6,8H2,1-2H3,(H,16,17). The van der Waals surface area contributed by atoms with Crippen molar-refractivity contribution in [3.05, 3.63) is 29.6 Å². The fourth-order valence-electron chi connectivity index (χ4n) is 2.39. The molecule has 23 heavy (non-hydrogen) atoms. The van der Waals surface area contributed by atoms with E-state index >= 15 is 0 Å². The van der Waals surface area contributed by atoms with E-state index in [0.717, 1.165) is 18.2 Å². The average Bonchev–Trinajstić information content (AvgIpc) is 2.79. The number of carbonyl (C=O) groups is 1. The van der Waals surface area contributed by atoms with E-state index in [-0.39, 0.29) is 28.7 Å². The second-order valence-corrected chi connectivity index (χ2v) is 10.3. The van der Waals surface area contributed by atoms with Crippen LogP contribution in [0.3, 0.4) is 0 Å². The Balaban J connectivity index is 2.39. The third kappa shape index (κ3) is 3.89. The Hall–Kier alpha value is -1.48. The summed E-state index contributed by atoms with van der Waals surface area (Å²) < 4.78 is 61.8. The molecule has 1 aliphatic rings. The van der Waals surface area contributed by atoms with Gasteiger partial charge in [0.05, 0.1) is 27.2 Å². The van der Waals surface area contributed by atoms with Gasteiger partial charge in [0.1, 0.15) is 5.82 Å². The van der Waals surface area contributed by atoms with Gasteiger partial charge in [-0.05, 0) is 38.5 Å². The zero-order valence-corrected chi connectivity index (χ0v) is 14.4. The van der Waals surface area contributed by atoms with Crippen LogP contribution in [0, 0.1) is 5.82 Å². The molecule has 128 valence electrons. The number of benzene rings is 1. The Morgan fingerprint density at radius 3 is 2.52 bits per heavy atom. The second-order valence-electron chi connectivity index (χ2n) is 5.84. The number of hydrogen-bond acceptors (Lipinski definition) is 5. The van der Waals surface area contributed by atoms with Crippen molar-refractivity contribution in [2.24, 2.45) is 0 Å². The third-order valence-corrected chi connectivity index (χ3v) is 7.73. The van der Waals surface area contributed by atoms with Crippen LogP contribution in [0.4, 0.5) is 4.39 Å². The third-order valence-electron chi connectivity index (χ3n) is 3.56. The Labute approximate surface area is 134 Å². The zero-order valence-electron chi connectivity index (χ0n) is 12.7. The molecule has 1 aromatic carbocycles. The maximum absolute atomic E-state index is 13.8. The van der Waals surface area contributed by atoms with E-state index in [1.807, 2.05) is 0 Å². The van der Waals surface area contributed by atoms with Crippen molar-refractivity contribution in [2.75, 3.05) is 11.5 Å². The van der Waals surface area contributed by atoms with Crippen LogP contribution in [0.25, 0.3) is 0 Å². The molecule has 1 fully saturated rings. The van der Waals surface area contributed by atoms with E-state index in [2.05, 4.69) is 5.32 Å². The molecule has 9 heteroatoms. The summed E-state index contributed by atoms with van der Waals surface area (Å²) in [5.41, 5.74) is -0.374. The van der Waals surface area contributed by atoms with E-state index in [0.29, 0.717) is 0 Å². The van der Waals surface area contributed by atoms with Crippen molar-refractivity contribution in [3.63, 3.8) is 0 Å². The Morgan fingerprint density at radius 1 is 1.35 bits per heavy atom. The number of hydrogen-bond donors (Lipinski definition) is 1. The molecule has 6 nitrogen and oxygen atoms in total. The van der Waals surface area contributed by atoms with Crippen molar-refractivity contribution in [1.29, 1.82) is 0 Å². The van der Waals surface area contributed by atoms with Crippen molar-refractivity contribution >= 4 is 25.6 Å². The van der Waals surface area contributed by atoms with Crippen LogP contribution >= 0.6 is 0 Å². The van der Waals surface area contributed by atoms with E-state index in [1.54, 1.807) is 13.8 Å². The first-order valence-corrected chi connectivity index (χ1v) is 10.4. The highest BCUT2D eigenvalue weighted by Gasteiger charge is 2.38. The molecule has 0 bridgehead atoms. The first kappa shape index (κ1) is 17.9. The Bertz CT molecular complexity index is 831. The van der Waals surface area contributed by atoms with Crippen LogP contribution < -0.4 is 5.32 Å². The van der Waals surface area contributed by atoms with Gasteiger partial charge in [0.15, 0.2) is 19.7 Å². The molecule has 0 aliphatic carbocycles. The normalized spacial score (nSPS) is 20.6. The van der Waals surface area contributed by atoms with Gasteiger partial charge in [-0.25, -0.2) is 21.2 Å². The van der Waals surface area contributed by atoms with E-state index in [1.165, 1.54) is 0 Å². The topological polar surface area (TPSA) is 97.4 Å². The molecule has 1 atom stereocenters. The summed E-state index contributed by atoms with van der Waals surface area (Å²) in [5, 5.41) is 1.44. The quantitative estimate of drug-likeness (QED) is 0.803. The molecule has 0 radical (unpaired) electrons.